The molecule has 0 amide bonds. The van der Waals surface area contributed by atoms with E-state index < -0.39 is 0 Å². The Labute approximate surface area is 67.4 Å². The van der Waals surface area contributed by atoms with Crippen LogP contribution in [0.3, 0.4) is 0 Å². The molecule has 11 heavy (non-hydrogen) atoms. The summed E-state index contributed by atoms with van der Waals surface area (Å²) in [6.07, 6.45) is 2.83. The first-order chi connectivity index (χ1) is 5.08. The molecule has 0 N–H and O–H groups in total. The molecule has 1 heterocycles. The fraction of sp³-hybridized carbons (Fsp3) is 0.750. The molecule has 0 saturated carbocycles. The lowest BCUT2D eigenvalue weighted by atomic mass is 9.89. The topological polar surface area (TPSA) is 30.7 Å². The number of hydrogen-bond acceptors (Lipinski definition) is 2. The number of hydrogen-bond donors (Lipinski definition) is 0. The Morgan fingerprint density at radius 2 is 2.18 bits per heavy atom. The van der Waals surface area contributed by atoms with Gasteiger partial charge in [-0.15, -0.1) is 10.2 Å². The number of aryl methyl sites for hydroxylation is 1. The molecule has 3 nitrogen and oxygen atoms in total. The average Bonchev–Trinajstić information content (AvgIpc) is 2.36. The second-order valence-electron chi connectivity index (χ2n) is 3.50. The summed E-state index contributed by atoms with van der Waals surface area (Å²) in [5, 5.41) is 7.92. The zero-order chi connectivity index (χ0) is 8.48. The molecular formula is C8H15N3. The third kappa shape index (κ3) is 1.42. The predicted octanol–water partition coefficient (Wildman–Crippen LogP) is 1.50. The summed E-state index contributed by atoms with van der Waals surface area (Å²) in [7, 11) is 1.98. The van der Waals surface area contributed by atoms with E-state index in [0.717, 1.165) is 12.2 Å². The molecule has 0 unspecified atom stereocenters. The Bertz CT molecular complexity index is 237. The van der Waals surface area contributed by atoms with Gasteiger partial charge < -0.3 is 4.57 Å². The van der Waals surface area contributed by atoms with E-state index in [9.17, 15) is 0 Å². The van der Waals surface area contributed by atoms with E-state index in [4.69, 9.17) is 0 Å². The molecule has 0 radical (unpaired) electrons. The maximum absolute atomic E-state index is 4.07. The summed E-state index contributed by atoms with van der Waals surface area (Å²) in [5.74, 6) is 1.06. The molecule has 0 bridgehead atoms. The zero-order valence-corrected chi connectivity index (χ0v) is 7.63. The van der Waals surface area contributed by atoms with Gasteiger partial charge in [0.05, 0.1) is 0 Å². The fourth-order valence-electron chi connectivity index (χ4n) is 1.05. The first-order valence-electron chi connectivity index (χ1n) is 3.92. The van der Waals surface area contributed by atoms with E-state index in [2.05, 4.69) is 31.0 Å². The summed E-state index contributed by atoms with van der Waals surface area (Å²) in [6, 6.07) is 0. The second kappa shape index (κ2) is 2.64. The van der Waals surface area contributed by atoms with Crippen LogP contribution in [-0.2, 0) is 12.5 Å². The van der Waals surface area contributed by atoms with Crippen LogP contribution in [0.4, 0.5) is 0 Å². The lowest BCUT2D eigenvalue weighted by molar-refractivity contribution is 0.455. The van der Waals surface area contributed by atoms with Crippen LogP contribution in [0.2, 0.25) is 0 Å². The molecule has 0 spiro atoms. The number of nitrogens with zero attached hydrogens (tertiary/aromatic N) is 3. The van der Waals surface area contributed by atoms with Gasteiger partial charge in [-0.25, -0.2) is 0 Å². The van der Waals surface area contributed by atoms with Gasteiger partial charge in [0, 0.05) is 12.5 Å². The molecule has 0 fully saturated rings. The minimum Gasteiger partial charge on any atom is -0.320 e. The molecule has 1 aromatic heterocycles. The Hall–Kier alpha value is -0.860. The standard InChI is InChI=1S/C8H15N3/c1-5-8(2,3)7-10-9-6-11(7)4/h6H,5H2,1-4H3. The molecule has 0 aliphatic rings. The first-order valence-corrected chi connectivity index (χ1v) is 3.92. The normalized spacial score (nSPS) is 12.0. The van der Waals surface area contributed by atoms with E-state index in [0.29, 0.717) is 0 Å². The van der Waals surface area contributed by atoms with Gasteiger partial charge in [0.25, 0.3) is 0 Å². The highest BCUT2D eigenvalue weighted by atomic mass is 15.3. The van der Waals surface area contributed by atoms with Crippen LogP contribution < -0.4 is 0 Å². The van der Waals surface area contributed by atoms with Crippen LogP contribution in [0.15, 0.2) is 6.33 Å². The highest BCUT2D eigenvalue weighted by Gasteiger charge is 2.22. The third-order valence-corrected chi connectivity index (χ3v) is 2.20. The van der Waals surface area contributed by atoms with Crippen molar-refractivity contribution in [3.05, 3.63) is 12.2 Å². The zero-order valence-electron chi connectivity index (χ0n) is 7.63. The van der Waals surface area contributed by atoms with Crippen LogP contribution in [0.5, 0.6) is 0 Å². The summed E-state index contributed by atoms with van der Waals surface area (Å²) < 4.78 is 1.98. The molecule has 62 valence electrons. The van der Waals surface area contributed by atoms with E-state index in [1.807, 2.05) is 11.6 Å². The summed E-state index contributed by atoms with van der Waals surface area (Å²) in [6.45, 7) is 6.52. The quantitative estimate of drug-likeness (QED) is 0.644. The second-order valence-corrected chi connectivity index (χ2v) is 3.50. The minimum atomic E-state index is 0.144. The molecule has 1 rings (SSSR count). The van der Waals surface area contributed by atoms with Gasteiger partial charge >= 0.3 is 0 Å². The summed E-state index contributed by atoms with van der Waals surface area (Å²) in [4.78, 5) is 0. The molecule has 0 aliphatic carbocycles. The van der Waals surface area contributed by atoms with E-state index in [-0.39, 0.29) is 5.41 Å². The predicted molar refractivity (Wildman–Crippen MR) is 44.3 cm³/mol. The number of rotatable bonds is 2. The van der Waals surface area contributed by atoms with Crippen molar-refractivity contribution >= 4 is 0 Å². The SMILES string of the molecule is CCC(C)(C)c1nncn1C. The first kappa shape index (κ1) is 8.24. The number of aromatic nitrogens is 3. The van der Waals surface area contributed by atoms with Crippen LogP contribution in [0.1, 0.15) is 33.0 Å². The Balaban J connectivity index is 3.00. The van der Waals surface area contributed by atoms with Crippen LogP contribution in [0.25, 0.3) is 0 Å². The molecule has 0 aromatic carbocycles. The van der Waals surface area contributed by atoms with E-state index in [1.165, 1.54) is 0 Å². The van der Waals surface area contributed by atoms with Crippen LogP contribution >= 0.6 is 0 Å². The molecule has 0 saturated heterocycles. The van der Waals surface area contributed by atoms with Crippen LogP contribution in [-0.4, -0.2) is 14.8 Å². The van der Waals surface area contributed by atoms with Gasteiger partial charge in [0.15, 0.2) is 0 Å². The lowest BCUT2D eigenvalue weighted by Gasteiger charge is -2.20. The van der Waals surface area contributed by atoms with Gasteiger partial charge in [0.1, 0.15) is 12.2 Å². The summed E-state index contributed by atoms with van der Waals surface area (Å²) in [5.41, 5.74) is 0.144. The Morgan fingerprint density at radius 3 is 2.55 bits per heavy atom. The van der Waals surface area contributed by atoms with Gasteiger partial charge in [-0.1, -0.05) is 20.8 Å². The monoisotopic (exact) mass is 153 g/mol. The van der Waals surface area contributed by atoms with Gasteiger partial charge in [-0.3, -0.25) is 0 Å². The average molecular weight is 153 g/mol. The van der Waals surface area contributed by atoms with Gasteiger partial charge in [-0.05, 0) is 6.42 Å². The van der Waals surface area contributed by atoms with Crippen molar-refractivity contribution in [3.8, 4) is 0 Å². The van der Waals surface area contributed by atoms with Gasteiger partial charge in [0.2, 0.25) is 0 Å². The van der Waals surface area contributed by atoms with Crippen molar-refractivity contribution in [1.82, 2.24) is 14.8 Å². The van der Waals surface area contributed by atoms with E-state index >= 15 is 0 Å². The molecule has 3 heteroatoms. The van der Waals surface area contributed by atoms with Crippen molar-refractivity contribution in [2.45, 2.75) is 32.6 Å². The van der Waals surface area contributed by atoms with Crippen LogP contribution in [0, 0.1) is 0 Å². The van der Waals surface area contributed by atoms with E-state index in [1.54, 1.807) is 6.33 Å². The maximum atomic E-state index is 4.07. The van der Waals surface area contributed by atoms with Crippen molar-refractivity contribution in [2.75, 3.05) is 0 Å². The highest BCUT2D eigenvalue weighted by Crippen LogP contribution is 2.23. The van der Waals surface area contributed by atoms with Crippen molar-refractivity contribution < 1.29 is 0 Å². The smallest absolute Gasteiger partial charge is 0.138 e. The largest absolute Gasteiger partial charge is 0.320 e. The third-order valence-electron chi connectivity index (χ3n) is 2.20. The lowest BCUT2D eigenvalue weighted by Crippen LogP contribution is -2.20. The van der Waals surface area contributed by atoms with Crippen molar-refractivity contribution in [2.24, 2.45) is 7.05 Å². The van der Waals surface area contributed by atoms with Gasteiger partial charge in [-0.2, -0.15) is 0 Å². The summed E-state index contributed by atoms with van der Waals surface area (Å²) >= 11 is 0. The Kier molecular flexibility index (Phi) is 1.98. The molecule has 1 aromatic rings. The minimum absolute atomic E-state index is 0.144. The highest BCUT2D eigenvalue weighted by molar-refractivity contribution is 5.02. The molecular weight excluding hydrogens is 138 g/mol. The van der Waals surface area contributed by atoms with Crippen molar-refractivity contribution in [3.63, 3.8) is 0 Å². The van der Waals surface area contributed by atoms with Crippen molar-refractivity contribution in [1.29, 1.82) is 0 Å². The fourth-order valence-corrected chi connectivity index (χ4v) is 1.05. The molecule has 0 atom stereocenters. The maximum Gasteiger partial charge on any atom is 0.138 e. The Morgan fingerprint density at radius 1 is 1.55 bits per heavy atom. The molecule has 0 aliphatic heterocycles.